The third-order valence-corrected chi connectivity index (χ3v) is 14.1. The molecular formula is C40H73N7O4. The molecule has 0 aliphatic heterocycles. The molecule has 4 rings (SSSR count). The maximum absolute atomic E-state index is 14.4. The highest BCUT2D eigenvalue weighted by atomic mass is 16.3. The van der Waals surface area contributed by atoms with Gasteiger partial charge in [-0.3, -0.25) is 14.4 Å². The zero-order valence-electron chi connectivity index (χ0n) is 32.6. The lowest BCUT2D eigenvalue weighted by Gasteiger charge is -2.59. The van der Waals surface area contributed by atoms with Crippen LogP contribution in [0.2, 0.25) is 0 Å². The van der Waals surface area contributed by atoms with Crippen molar-refractivity contribution in [2.75, 3.05) is 13.1 Å². The van der Waals surface area contributed by atoms with Crippen LogP contribution in [0.25, 0.3) is 0 Å². The summed E-state index contributed by atoms with van der Waals surface area (Å²) in [6.07, 6.45) is 16.9. The Balaban J connectivity index is 1.53. The van der Waals surface area contributed by atoms with Crippen LogP contribution in [0.4, 0.5) is 0 Å². The molecule has 3 fully saturated rings. The molecule has 4 aliphatic carbocycles. The van der Waals surface area contributed by atoms with Crippen molar-refractivity contribution in [1.29, 1.82) is 0 Å². The number of allylic oxidation sites excluding steroid dienone is 1. The van der Waals surface area contributed by atoms with E-state index in [1.54, 1.807) is 0 Å². The number of nitrogens with one attached hydrogen (secondary N) is 2. The summed E-state index contributed by atoms with van der Waals surface area (Å²) in [5.74, 6) is 2.26. The summed E-state index contributed by atoms with van der Waals surface area (Å²) in [6.45, 7) is 13.1. The van der Waals surface area contributed by atoms with E-state index in [4.69, 9.17) is 22.9 Å². The van der Waals surface area contributed by atoms with E-state index >= 15 is 0 Å². The number of primary amides is 2. The SMILES string of the molecule is CC(C)CCC[C@@H](C)[C@H]1CC[C@H]2[C@@H]3CC=C4CC(O)(C(=O)N(N[C@@H](CCCCN)C(N)=O)N[C@@H](CCCCN)C(N)=O)CC[C@]4(C)[C@H]3CC[C@]12C. The van der Waals surface area contributed by atoms with Crippen LogP contribution >= 0.6 is 0 Å². The van der Waals surface area contributed by atoms with Crippen LogP contribution in [0.5, 0.6) is 0 Å². The van der Waals surface area contributed by atoms with Gasteiger partial charge < -0.3 is 28.0 Å². The first kappa shape index (κ1) is 41.7. The number of unbranched alkanes of at least 4 members (excludes halogenated alkanes) is 2. The predicted molar refractivity (Wildman–Crippen MR) is 203 cm³/mol. The number of nitrogens with two attached hydrogens (primary N) is 4. The number of aliphatic hydroxyl groups is 1. The third-order valence-electron chi connectivity index (χ3n) is 14.1. The van der Waals surface area contributed by atoms with Gasteiger partial charge in [-0.2, -0.15) is 0 Å². The number of hydrogen-bond acceptors (Lipinski definition) is 8. The maximum Gasteiger partial charge on any atom is 0.283 e. The fourth-order valence-electron chi connectivity index (χ4n) is 11.1. The second kappa shape index (κ2) is 17.9. The Morgan fingerprint density at radius 1 is 0.824 bits per heavy atom. The molecule has 0 aromatic rings. The first-order valence-corrected chi connectivity index (χ1v) is 20.4. The summed E-state index contributed by atoms with van der Waals surface area (Å²) >= 11 is 0. The average molecular weight is 716 g/mol. The highest BCUT2D eigenvalue weighted by Crippen LogP contribution is 2.67. The molecule has 3 amide bonds. The van der Waals surface area contributed by atoms with Crippen molar-refractivity contribution in [3.8, 4) is 0 Å². The van der Waals surface area contributed by atoms with Gasteiger partial charge in [-0.25, -0.2) is 16.0 Å². The van der Waals surface area contributed by atoms with Crippen molar-refractivity contribution >= 4 is 17.7 Å². The van der Waals surface area contributed by atoms with Gasteiger partial charge in [0.05, 0.1) is 0 Å². The number of hydrogen-bond donors (Lipinski definition) is 7. The first-order chi connectivity index (χ1) is 24.1. The molecule has 4 aliphatic rings. The van der Waals surface area contributed by atoms with Crippen LogP contribution in [0.15, 0.2) is 11.6 Å². The van der Waals surface area contributed by atoms with Gasteiger partial charge in [-0.1, -0.05) is 78.4 Å². The summed E-state index contributed by atoms with van der Waals surface area (Å²) in [5, 5.41) is 13.2. The van der Waals surface area contributed by atoms with Crippen molar-refractivity contribution < 1.29 is 19.5 Å². The van der Waals surface area contributed by atoms with E-state index in [1.165, 1.54) is 44.9 Å². The van der Waals surface area contributed by atoms with E-state index in [-0.39, 0.29) is 18.3 Å². The van der Waals surface area contributed by atoms with E-state index in [9.17, 15) is 19.5 Å². The lowest BCUT2D eigenvalue weighted by Crippen LogP contribution is -2.67. The van der Waals surface area contributed by atoms with Crippen molar-refractivity contribution in [2.45, 2.75) is 161 Å². The first-order valence-electron chi connectivity index (χ1n) is 20.4. The molecule has 3 saturated carbocycles. The quantitative estimate of drug-likeness (QED) is 0.0540. The third kappa shape index (κ3) is 9.37. The predicted octanol–water partition coefficient (Wildman–Crippen LogP) is 4.56. The minimum absolute atomic E-state index is 0.0840. The Morgan fingerprint density at radius 3 is 1.98 bits per heavy atom. The molecule has 1 unspecified atom stereocenters. The second-order valence-corrected chi connectivity index (χ2v) is 17.9. The smallest absolute Gasteiger partial charge is 0.283 e. The van der Waals surface area contributed by atoms with E-state index < -0.39 is 35.4 Å². The Hall–Kier alpha value is -2.05. The van der Waals surface area contributed by atoms with Crippen LogP contribution in [0, 0.1) is 46.3 Å². The Kier molecular flexibility index (Phi) is 14.6. The highest BCUT2D eigenvalue weighted by Gasteiger charge is 2.61. The zero-order chi connectivity index (χ0) is 37.6. The molecule has 51 heavy (non-hydrogen) atoms. The molecule has 0 heterocycles. The molecular weight excluding hydrogens is 642 g/mol. The molecule has 11 heteroatoms. The van der Waals surface area contributed by atoms with Crippen LogP contribution < -0.4 is 33.8 Å². The van der Waals surface area contributed by atoms with Gasteiger partial charge in [-0.05, 0) is 130 Å². The summed E-state index contributed by atoms with van der Waals surface area (Å²) < 4.78 is 0. The maximum atomic E-state index is 14.4. The number of carbonyl (C=O) groups excluding carboxylic acids is 3. The normalized spacial score (nSPS) is 33.4. The molecule has 11 N–H and O–H groups in total. The number of fused-ring (bicyclic) bond motifs is 5. The Labute approximate surface area is 308 Å². The summed E-state index contributed by atoms with van der Waals surface area (Å²) in [7, 11) is 0. The van der Waals surface area contributed by atoms with Crippen LogP contribution in [0.1, 0.15) is 144 Å². The van der Waals surface area contributed by atoms with Crippen molar-refractivity contribution in [3.05, 3.63) is 11.6 Å². The number of nitrogens with zero attached hydrogens (tertiary/aromatic N) is 1. The summed E-state index contributed by atoms with van der Waals surface area (Å²) in [5.41, 5.74) is 28.5. The van der Waals surface area contributed by atoms with Crippen LogP contribution in [-0.4, -0.2) is 58.7 Å². The Morgan fingerprint density at radius 2 is 1.43 bits per heavy atom. The lowest BCUT2D eigenvalue weighted by atomic mass is 9.46. The van der Waals surface area contributed by atoms with Crippen molar-refractivity contribution in [2.24, 2.45) is 69.3 Å². The highest BCUT2D eigenvalue weighted by molar-refractivity contribution is 5.87. The van der Waals surface area contributed by atoms with Crippen molar-refractivity contribution in [1.82, 2.24) is 16.0 Å². The average Bonchev–Trinajstić information content (AvgIpc) is 3.43. The second-order valence-electron chi connectivity index (χ2n) is 17.9. The van der Waals surface area contributed by atoms with Gasteiger partial charge in [0, 0.05) is 6.42 Å². The fraction of sp³-hybridized carbons (Fsp3) is 0.875. The topological polar surface area (TPSA) is 203 Å². The summed E-state index contributed by atoms with van der Waals surface area (Å²) in [6, 6.07) is -1.83. The number of amides is 3. The van der Waals surface area contributed by atoms with Gasteiger partial charge in [0.15, 0.2) is 0 Å². The van der Waals surface area contributed by atoms with E-state index in [0.717, 1.165) is 34.9 Å². The standard InChI is InChI=1S/C40H73N7O4/c1-26(2)11-10-12-27(3)30-17-18-31-29-16-15-28-25-40(51,22-21-38(28,4)32(29)19-20-39(30,31)5)37(50)47(45-33(35(43)48)13-6-8-23-41)46-34(36(44)49)14-7-9-24-42/h15,26-27,29-34,45-46,51H,6-14,16-25,41-42H2,1-5H3,(H2,43,48)(H2,44,49)/t27-,29+,30-,31+,32+,33+,34+,38+,39-,40?/m1/s1. The molecule has 292 valence electrons. The van der Waals surface area contributed by atoms with Gasteiger partial charge in [-0.15, -0.1) is 0 Å². The Bertz CT molecular complexity index is 1200. The molecule has 11 nitrogen and oxygen atoms in total. The minimum Gasteiger partial charge on any atom is -0.380 e. The molecule has 0 bridgehead atoms. The number of hydrazine groups is 2. The minimum atomic E-state index is -1.73. The number of carbonyl (C=O) groups is 3. The molecule has 0 saturated heterocycles. The largest absolute Gasteiger partial charge is 0.380 e. The fourth-order valence-corrected chi connectivity index (χ4v) is 11.1. The monoisotopic (exact) mass is 716 g/mol. The van der Waals surface area contributed by atoms with E-state index in [2.05, 4.69) is 51.5 Å². The zero-order valence-corrected chi connectivity index (χ0v) is 32.6. The lowest BCUT2D eigenvalue weighted by molar-refractivity contribution is -0.167. The van der Waals surface area contributed by atoms with E-state index in [0.29, 0.717) is 81.2 Å². The molecule has 0 aromatic heterocycles. The number of rotatable bonds is 20. The van der Waals surface area contributed by atoms with Gasteiger partial charge >= 0.3 is 0 Å². The van der Waals surface area contributed by atoms with Crippen LogP contribution in [0.3, 0.4) is 0 Å². The van der Waals surface area contributed by atoms with Gasteiger partial charge in [0.1, 0.15) is 17.7 Å². The van der Waals surface area contributed by atoms with Gasteiger partial charge in [0.2, 0.25) is 11.8 Å². The van der Waals surface area contributed by atoms with Crippen LogP contribution in [-0.2, 0) is 14.4 Å². The molecule has 0 spiro atoms. The summed E-state index contributed by atoms with van der Waals surface area (Å²) in [4.78, 5) is 39.5. The van der Waals surface area contributed by atoms with E-state index in [1.807, 2.05) is 0 Å². The molecule has 0 aromatic carbocycles. The van der Waals surface area contributed by atoms with Crippen molar-refractivity contribution in [3.63, 3.8) is 0 Å². The molecule has 0 radical (unpaired) electrons. The van der Waals surface area contributed by atoms with Gasteiger partial charge in [0.25, 0.3) is 5.91 Å². The molecule has 10 atom stereocenters.